The third-order valence-electron chi connectivity index (χ3n) is 2.51. The third-order valence-corrected chi connectivity index (χ3v) is 2.51. The van der Waals surface area contributed by atoms with E-state index in [2.05, 4.69) is 34.5 Å². The molecule has 0 aliphatic carbocycles. The van der Waals surface area contributed by atoms with E-state index in [1.165, 1.54) is 0 Å². The topological polar surface area (TPSA) is 55.6 Å². The van der Waals surface area contributed by atoms with E-state index in [1.807, 2.05) is 25.3 Å². The Morgan fingerprint density at radius 3 is 2.67 bits per heavy atom. The Balaban J connectivity index is 1.97. The van der Waals surface area contributed by atoms with Gasteiger partial charge in [0, 0.05) is 12.7 Å². The molecule has 2 rings (SSSR count). The van der Waals surface area contributed by atoms with E-state index in [1.54, 1.807) is 10.9 Å². The van der Waals surface area contributed by atoms with Crippen molar-refractivity contribution >= 4 is 0 Å². The lowest BCUT2D eigenvalue weighted by molar-refractivity contribution is 0.545. The average molecular weight is 245 g/mol. The van der Waals surface area contributed by atoms with E-state index in [0.29, 0.717) is 5.92 Å². The van der Waals surface area contributed by atoms with Crippen molar-refractivity contribution in [2.45, 2.75) is 27.3 Å². The standard InChI is InChI=1S/C13H19N5/c1-10(2)6-14-8-12-4-5-13(17-16-12)18-9-11(3)7-15-18/h4-5,7,9-10,14H,6,8H2,1-3H3. The fourth-order valence-electron chi connectivity index (χ4n) is 1.60. The van der Waals surface area contributed by atoms with Crippen molar-refractivity contribution in [3.63, 3.8) is 0 Å². The summed E-state index contributed by atoms with van der Waals surface area (Å²) < 4.78 is 1.73. The van der Waals surface area contributed by atoms with Gasteiger partial charge in [-0.1, -0.05) is 13.8 Å². The summed E-state index contributed by atoms with van der Waals surface area (Å²) in [6, 6.07) is 3.92. The third kappa shape index (κ3) is 3.37. The Kier molecular flexibility index (Phi) is 4.04. The first-order chi connectivity index (χ1) is 8.65. The van der Waals surface area contributed by atoms with Crippen LogP contribution in [-0.2, 0) is 6.54 Å². The molecule has 0 radical (unpaired) electrons. The summed E-state index contributed by atoms with van der Waals surface area (Å²) in [4.78, 5) is 0. The lowest BCUT2D eigenvalue weighted by Gasteiger charge is -2.06. The zero-order valence-electron chi connectivity index (χ0n) is 11.1. The van der Waals surface area contributed by atoms with E-state index in [0.717, 1.165) is 30.2 Å². The van der Waals surface area contributed by atoms with E-state index < -0.39 is 0 Å². The SMILES string of the molecule is Cc1cnn(-c2ccc(CNCC(C)C)nn2)c1. The summed E-state index contributed by atoms with van der Waals surface area (Å²) in [6.07, 6.45) is 3.74. The number of nitrogens with zero attached hydrogens (tertiary/aromatic N) is 4. The molecule has 2 aromatic heterocycles. The van der Waals surface area contributed by atoms with Crippen LogP contribution in [0.15, 0.2) is 24.5 Å². The number of rotatable bonds is 5. The maximum Gasteiger partial charge on any atom is 0.175 e. The predicted molar refractivity (Wildman–Crippen MR) is 70.4 cm³/mol. The lowest BCUT2D eigenvalue weighted by Crippen LogP contribution is -2.20. The molecule has 0 aliphatic rings. The Labute approximate surface area is 107 Å². The van der Waals surface area contributed by atoms with Gasteiger partial charge >= 0.3 is 0 Å². The van der Waals surface area contributed by atoms with Gasteiger partial charge in [0.05, 0.1) is 11.9 Å². The number of hydrogen-bond acceptors (Lipinski definition) is 4. The van der Waals surface area contributed by atoms with E-state index in [9.17, 15) is 0 Å². The lowest BCUT2D eigenvalue weighted by atomic mass is 10.2. The smallest absolute Gasteiger partial charge is 0.175 e. The molecule has 2 aromatic rings. The van der Waals surface area contributed by atoms with Crippen molar-refractivity contribution in [3.8, 4) is 5.82 Å². The Bertz CT molecular complexity index is 486. The molecule has 18 heavy (non-hydrogen) atoms. The van der Waals surface area contributed by atoms with Crippen molar-refractivity contribution in [1.29, 1.82) is 0 Å². The Morgan fingerprint density at radius 1 is 1.28 bits per heavy atom. The molecule has 2 heterocycles. The van der Waals surface area contributed by atoms with Crippen LogP contribution < -0.4 is 5.32 Å². The molecule has 0 atom stereocenters. The summed E-state index contributed by atoms with van der Waals surface area (Å²) in [5, 5.41) is 15.9. The molecule has 0 unspecified atom stereocenters. The number of hydrogen-bond donors (Lipinski definition) is 1. The first-order valence-electron chi connectivity index (χ1n) is 6.20. The summed E-state index contributed by atoms with van der Waals surface area (Å²) in [5.74, 6) is 1.39. The number of nitrogens with one attached hydrogen (secondary N) is 1. The molecule has 0 aromatic carbocycles. The van der Waals surface area contributed by atoms with Gasteiger partial charge in [0.25, 0.3) is 0 Å². The van der Waals surface area contributed by atoms with Crippen molar-refractivity contribution in [1.82, 2.24) is 25.3 Å². The van der Waals surface area contributed by atoms with Crippen molar-refractivity contribution in [2.75, 3.05) is 6.54 Å². The quantitative estimate of drug-likeness (QED) is 0.871. The minimum Gasteiger partial charge on any atom is -0.311 e. The van der Waals surface area contributed by atoms with Crippen LogP contribution in [0.25, 0.3) is 5.82 Å². The Hall–Kier alpha value is -1.75. The molecule has 0 saturated heterocycles. The highest BCUT2D eigenvalue weighted by Gasteiger charge is 2.02. The van der Waals surface area contributed by atoms with Crippen LogP contribution in [0.2, 0.25) is 0 Å². The molecular weight excluding hydrogens is 226 g/mol. The number of aryl methyl sites for hydroxylation is 1. The second-order valence-corrected chi connectivity index (χ2v) is 4.87. The molecule has 0 aliphatic heterocycles. The van der Waals surface area contributed by atoms with Gasteiger partial charge in [-0.15, -0.1) is 5.10 Å². The average Bonchev–Trinajstić information content (AvgIpc) is 2.76. The minimum atomic E-state index is 0.643. The van der Waals surface area contributed by atoms with Crippen molar-refractivity contribution in [3.05, 3.63) is 35.8 Å². The van der Waals surface area contributed by atoms with Crippen LogP contribution in [0, 0.1) is 12.8 Å². The maximum atomic E-state index is 4.20. The van der Waals surface area contributed by atoms with Crippen LogP contribution in [0.1, 0.15) is 25.1 Å². The zero-order valence-corrected chi connectivity index (χ0v) is 11.1. The zero-order chi connectivity index (χ0) is 13.0. The molecule has 96 valence electrons. The number of aromatic nitrogens is 4. The summed E-state index contributed by atoms with van der Waals surface area (Å²) in [7, 11) is 0. The molecule has 5 heteroatoms. The normalized spacial score (nSPS) is 11.1. The second-order valence-electron chi connectivity index (χ2n) is 4.87. The van der Waals surface area contributed by atoms with Gasteiger partial charge in [-0.25, -0.2) is 4.68 Å². The summed E-state index contributed by atoms with van der Waals surface area (Å²) >= 11 is 0. The first-order valence-corrected chi connectivity index (χ1v) is 6.20. The molecule has 0 fully saturated rings. The van der Waals surface area contributed by atoms with Gasteiger partial charge in [0.15, 0.2) is 5.82 Å². The van der Waals surface area contributed by atoms with E-state index >= 15 is 0 Å². The molecule has 5 nitrogen and oxygen atoms in total. The van der Waals surface area contributed by atoms with Gasteiger partial charge < -0.3 is 5.32 Å². The van der Waals surface area contributed by atoms with Gasteiger partial charge in [-0.05, 0) is 37.1 Å². The highest BCUT2D eigenvalue weighted by Crippen LogP contribution is 2.04. The first kappa shape index (κ1) is 12.7. The second kappa shape index (κ2) is 5.73. The van der Waals surface area contributed by atoms with Gasteiger partial charge in [-0.3, -0.25) is 0 Å². The molecular formula is C13H19N5. The van der Waals surface area contributed by atoms with Gasteiger partial charge in [0.2, 0.25) is 0 Å². The highest BCUT2D eigenvalue weighted by atomic mass is 15.3. The van der Waals surface area contributed by atoms with E-state index in [-0.39, 0.29) is 0 Å². The molecule has 0 bridgehead atoms. The van der Waals surface area contributed by atoms with E-state index in [4.69, 9.17) is 0 Å². The van der Waals surface area contributed by atoms with Crippen LogP contribution in [0.5, 0.6) is 0 Å². The fourth-order valence-corrected chi connectivity index (χ4v) is 1.60. The minimum absolute atomic E-state index is 0.643. The fraction of sp³-hybridized carbons (Fsp3) is 0.462. The molecule has 0 saturated carbocycles. The Morgan fingerprint density at radius 2 is 2.11 bits per heavy atom. The largest absolute Gasteiger partial charge is 0.311 e. The van der Waals surface area contributed by atoms with Crippen LogP contribution >= 0.6 is 0 Å². The predicted octanol–water partition coefficient (Wildman–Crippen LogP) is 1.72. The van der Waals surface area contributed by atoms with Crippen molar-refractivity contribution < 1.29 is 0 Å². The molecule has 0 spiro atoms. The van der Waals surface area contributed by atoms with Gasteiger partial charge in [0.1, 0.15) is 0 Å². The van der Waals surface area contributed by atoms with Crippen LogP contribution in [-0.4, -0.2) is 26.5 Å². The summed E-state index contributed by atoms with van der Waals surface area (Å²) in [6.45, 7) is 8.11. The summed E-state index contributed by atoms with van der Waals surface area (Å²) in [5.41, 5.74) is 2.06. The molecule has 0 amide bonds. The molecule has 1 N–H and O–H groups in total. The van der Waals surface area contributed by atoms with Crippen LogP contribution in [0.4, 0.5) is 0 Å². The monoisotopic (exact) mass is 245 g/mol. The van der Waals surface area contributed by atoms with Crippen LogP contribution in [0.3, 0.4) is 0 Å². The van der Waals surface area contributed by atoms with Crippen molar-refractivity contribution in [2.24, 2.45) is 5.92 Å². The maximum absolute atomic E-state index is 4.20. The van der Waals surface area contributed by atoms with Gasteiger partial charge in [-0.2, -0.15) is 10.2 Å². The highest BCUT2D eigenvalue weighted by molar-refractivity contribution is 5.21.